The highest BCUT2D eigenvalue weighted by molar-refractivity contribution is 6.48. The van der Waals surface area contributed by atoms with Gasteiger partial charge in [-0.05, 0) is 25.7 Å². The summed E-state index contributed by atoms with van der Waals surface area (Å²) in [5.41, 5.74) is 0. The first-order chi connectivity index (χ1) is 3.92. The molecule has 0 saturated heterocycles. The Kier molecular flexibility index (Phi) is 3.91. The minimum atomic E-state index is -0.524. The zero-order chi connectivity index (χ0) is 7.49. The largest absolute Gasteiger partial charge is 0.115 e. The van der Waals surface area contributed by atoms with Gasteiger partial charge in [-0.25, -0.2) is 0 Å². The number of alkyl halides is 2. The van der Waals surface area contributed by atoms with Crippen molar-refractivity contribution in [1.29, 1.82) is 0 Å². The van der Waals surface area contributed by atoms with E-state index in [0.29, 0.717) is 5.92 Å². The zero-order valence-electron chi connectivity index (χ0n) is 6.25. The number of rotatable bonds is 3. The summed E-state index contributed by atoms with van der Waals surface area (Å²) in [5, 5.41) is 0. The van der Waals surface area contributed by atoms with Crippen LogP contribution in [-0.4, -0.2) is 4.33 Å². The third kappa shape index (κ3) is 8.58. The Morgan fingerprint density at radius 3 is 1.89 bits per heavy atom. The maximum absolute atomic E-state index is 5.74. The molecule has 0 nitrogen and oxygen atoms in total. The summed E-state index contributed by atoms with van der Waals surface area (Å²) in [5.74, 6) is 0.696. The first-order valence-electron chi connectivity index (χ1n) is 3.29. The monoisotopic (exact) mass is 168 g/mol. The van der Waals surface area contributed by atoms with Crippen molar-refractivity contribution in [2.24, 2.45) is 5.92 Å². The average Bonchev–Trinajstić information content (AvgIpc) is 1.59. The van der Waals surface area contributed by atoms with Gasteiger partial charge in [-0.15, -0.1) is 23.2 Å². The van der Waals surface area contributed by atoms with Crippen molar-refractivity contribution in [3.63, 3.8) is 0 Å². The topological polar surface area (TPSA) is 0 Å². The van der Waals surface area contributed by atoms with Gasteiger partial charge in [0.2, 0.25) is 0 Å². The molecule has 0 aromatic rings. The van der Waals surface area contributed by atoms with Crippen molar-refractivity contribution < 1.29 is 0 Å². The van der Waals surface area contributed by atoms with Crippen LogP contribution in [-0.2, 0) is 0 Å². The summed E-state index contributed by atoms with van der Waals surface area (Å²) in [4.78, 5) is 0. The Balaban J connectivity index is 3.28. The van der Waals surface area contributed by atoms with Crippen molar-refractivity contribution in [3.05, 3.63) is 0 Å². The van der Waals surface area contributed by atoms with Crippen LogP contribution in [0.25, 0.3) is 0 Å². The van der Waals surface area contributed by atoms with Gasteiger partial charge < -0.3 is 0 Å². The van der Waals surface area contributed by atoms with Gasteiger partial charge in [0, 0.05) is 0 Å². The van der Waals surface area contributed by atoms with E-state index in [1.165, 1.54) is 0 Å². The van der Waals surface area contributed by atoms with E-state index in [4.69, 9.17) is 23.2 Å². The molecule has 56 valence electrons. The minimum absolute atomic E-state index is 0.524. The summed E-state index contributed by atoms with van der Waals surface area (Å²) in [6, 6.07) is 0. The maximum Gasteiger partial charge on any atom is 0.115 e. The lowest BCUT2D eigenvalue weighted by Crippen LogP contribution is -2.06. The number of halogens is 2. The van der Waals surface area contributed by atoms with Crippen molar-refractivity contribution in [2.45, 2.75) is 37.9 Å². The van der Waals surface area contributed by atoms with Gasteiger partial charge in [-0.1, -0.05) is 13.8 Å². The first kappa shape index (κ1) is 9.58. The standard InChI is InChI=1S/C7H14Cl2/c1-6(2)4-5-7(3,8)9/h6H,4-5H2,1-3H3. The van der Waals surface area contributed by atoms with Gasteiger partial charge in [0.15, 0.2) is 0 Å². The van der Waals surface area contributed by atoms with Crippen LogP contribution in [0.15, 0.2) is 0 Å². The highest BCUT2D eigenvalue weighted by atomic mass is 35.5. The summed E-state index contributed by atoms with van der Waals surface area (Å²) < 4.78 is -0.524. The van der Waals surface area contributed by atoms with Crippen molar-refractivity contribution in [3.8, 4) is 0 Å². The lowest BCUT2D eigenvalue weighted by atomic mass is 10.1. The number of hydrogen-bond acceptors (Lipinski definition) is 0. The van der Waals surface area contributed by atoms with Crippen LogP contribution in [0.4, 0.5) is 0 Å². The first-order valence-corrected chi connectivity index (χ1v) is 4.05. The molecular weight excluding hydrogens is 155 g/mol. The zero-order valence-corrected chi connectivity index (χ0v) is 7.76. The molecule has 0 saturated carbocycles. The average molecular weight is 169 g/mol. The smallest absolute Gasteiger partial charge is 0.102 e. The van der Waals surface area contributed by atoms with Gasteiger partial charge in [0.25, 0.3) is 0 Å². The Hall–Kier alpha value is 0.580. The van der Waals surface area contributed by atoms with Crippen LogP contribution >= 0.6 is 23.2 Å². The van der Waals surface area contributed by atoms with Crippen LogP contribution in [0.1, 0.15) is 33.6 Å². The molecular formula is C7H14Cl2. The molecule has 0 N–H and O–H groups in total. The van der Waals surface area contributed by atoms with Gasteiger partial charge >= 0.3 is 0 Å². The molecule has 0 spiro atoms. The third-order valence-electron chi connectivity index (χ3n) is 1.16. The fraction of sp³-hybridized carbons (Fsp3) is 1.00. The molecule has 0 aromatic heterocycles. The summed E-state index contributed by atoms with van der Waals surface area (Å²) in [6.07, 6.45) is 1.98. The molecule has 0 rings (SSSR count). The van der Waals surface area contributed by atoms with E-state index in [1.807, 2.05) is 6.92 Å². The summed E-state index contributed by atoms with van der Waals surface area (Å²) in [6.45, 7) is 6.16. The van der Waals surface area contributed by atoms with E-state index in [9.17, 15) is 0 Å². The molecule has 2 heteroatoms. The van der Waals surface area contributed by atoms with Crippen LogP contribution in [0, 0.1) is 5.92 Å². The van der Waals surface area contributed by atoms with Crippen molar-refractivity contribution in [1.82, 2.24) is 0 Å². The van der Waals surface area contributed by atoms with Gasteiger partial charge in [-0.3, -0.25) is 0 Å². The normalized spacial score (nSPS) is 12.7. The van der Waals surface area contributed by atoms with E-state index in [2.05, 4.69) is 13.8 Å². The summed E-state index contributed by atoms with van der Waals surface area (Å²) in [7, 11) is 0. The van der Waals surface area contributed by atoms with E-state index < -0.39 is 4.33 Å². The van der Waals surface area contributed by atoms with Crippen molar-refractivity contribution >= 4 is 23.2 Å². The molecule has 0 aromatic carbocycles. The number of hydrogen-bond donors (Lipinski definition) is 0. The second kappa shape index (κ2) is 3.68. The molecule has 0 fully saturated rings. The second-order valence-electron chi connectivity index (χ2n) is 3.00. The molecule has 0 heterocycles. The van der Waals surface area contributed by atoms with Gasteiger partial charge in [0.05, 0.1) is 0 Å². The van der Waals surface area contributed by atoms with Gasteiger partial charge in [-0.2, -0.15) is 0 Å². The highest BCUT2D eigenvalue weighted by Crippen LogP contribution is 2.27. The van der Waals surface area contributed by atoms with Crippen molar-refractivity contribution in [2.75, 3.05) is 0 Å². The van der Waals surface area contributed by atoms with Crippen LogP contribution in [0.5, 0.6) is 0 Å². The fourth-order valence-corrected chi connectivity index (χ4v) is 0.760. The Bertz CT molecular complexity index is 71.5. The molecule has 0 unspecified atom stereocenters. The molecule has 0 amide bonds. The molecule has 0 aliphatic rings. The van der Waals surface area contributed by atoms with E-state index in [0.717, 1.165) is 12.8 Å². The van der Waals surface area contributed by atoms with Gasteiger partial charge in [0.1, 0.15) is 4.33 Å². The second-order valence-corrected chi connectivity index (χ2v) is 4.86. The molecule has 0 aliphatic carbocycles. The summed E-state index contributed by atoms with van der Waals surface area (Å²) >= 11 is 11.5. The van der Waals surface area contributed by atoms with E-state index in [1.54, 1.807) is 0 Å². The maximum atomic E-state index is 5.74. The Morgan fingerprint density at radius 1 is 1.33 bits per heavy atom. The van der Waals surface area contributed by atoms with Crippen LogP contribution in [0.3, 0.4) is 0 Å². The van der Waals surface area contributed by atoms with Crippen LogP contribution < -0.4 is 0 Å². The Labute approximate surface area is 67.5 Å². The molecule has 9 heavy (non-hydrogen) atoms. The lowest BCUT2D eigenvalue weighted by molar-refractivity contribution is 0.537. The molecule has 0 radical (unpaired) electrons. The molecule has 0 aliphatic heterocycles. The van der Waals surface area contributed by atoms with E-state index >= 15 is 0 Å². The third-order valence-corrected chi connectivity index (χ3v) is 1.54. The fourth-order valence-electron chi connectivity index (χ4n) is 0.542. The minimum Gasteiger partial charge on any atom is -0.102 e. The SMILES string of the molecule is CC(C)CCC(C)(Cl)Cl. The van der Waals surface area contributed by atoms with Crippen LogP contribution in [0.2, 0.25) is 0 Å². The predicted molar refractivity (Wildman–Crippen MR) is 44.2 cm³/mol. The molecule has 0 bridgehead atoms. The predicted octanol–water partition coefficient (Wildman–Crippen LogP) is 3.62. The van der Waals surface area contributed by atoms with E-state index in [-0.39, 0.29) is 0 Å². The lowest BCUT2D eigenvalue weighted by Gasteiger charge is -2.13. The molecule has 0 atom stereocenters. The Morgan fingerprint density at radius 2 is 1.78 bits per heavy atom. The highest BCUT2D eigenvalue weighted by Gasteiger charge is 2.15. The quantitative estimate of drug-likeness (QED) is 0.566.